The lowest BCUT2D eigenvalue weighted by atomic mass is 10.1. The van der Waals surface area contributed by atoms with E-state index in [1.165, 1.54) is 36.1 Å². The zero-order chi connectivity index (χ0) is 12.7. The number of hydrogen-bond donors (Lipinski definition) is 1. The summed E-state index contributed by atoms with van der Waals surface area (Å²) < 4.78 is 0. The lowest BCUT2D eigenvalue weighted by Gasteiger charge is -2.17. The van der Waals surface area contributed by atoms with Crippen molar-refractivity contribution in [2.45, 2.75) is 33.2 Å². The molecule has 17 heavy (non-hydrogen) atoms. The van der Waals surface area contributed by atoms with E-state index in [0.29, 0.717) is 0 Å². The second-order valence-corrected chi connectivity index (χ2v) is 4.97. The van der Waals surface area contributed by atoms with Crippen molar-refractivity contribution in [3.8, 4) is 0 Å². The van der Waals surface area contributed by atoms with Gasteiger partial charge in [-0.1, -0.05) is 18.2 Å². The Balaban J connectivity index is 2.34. The highest BCUT2D eigenvalue weighted by Crippen LogP contribution is 2.11. The third-order valence-corrected chi connectivity index (χ3v) is 3.24. The molecular weight excluding hydrogens is 208 g/mol. The Morgan fingerprint density at radius 3 is 2.53 bits per heavy atom. The summed E-state index contributed by atoms with van der Waals surface area (Å²) in [5.74, 6) is 0. The summed E-state index contributed by atoms with van der Waals surface area (Å²) in [7, 11) is 4.22. The van der Waals surface area contributed by atoms with Gasteiger partial charge in [0.05, 0.1) is 0 Å². The van der Waals surface area contributed by atoms with Crippen LogP contribution >= 0.6 is 0 Å². The van der Waals surface area contributed by atoms with Gasteiger partial charge in [-0.2, -0.15) is 0 Å². The standard InChI is InChI=1S/C15H26N2/c1-13-7-8-15(11-14(13)2)12-17(4)10-6-5-9-16-3/h7-8,11,16H,5-6,9-10,12H2,1-4H3. The molecule has 0 saturated heterocycles. The summed E-state index contributed by atoms with van der Waals surface area (Å²) in [6, 6.07) is 6.77. The van der Waals surface area contributed by atoms with E-state index in [9.17, 15) is 0 Å². The molecule has 0 aliphatic carbocycles. The van der Waals surface area contributed by atoms with Gasteiger partial charge in [0.25, 0.3) is 0 Å². The molecule has 1 aromatic carbocycles. The Morgan fingerprint density at radius 2 is 1.88 bits per heavy atom. The van der Waals surface area contributed by atoms with Gasteiger partial charge in [-0.15, -0.1) is 0 Å². The van der Waals surface area contributed by atoms with E-state index in [0.717, 1.165) is 13.1 Å². The number of rotatable bonds is 7. The molecule has 0 radical (unpaired) electrons. The van der Waals surface area contributed by atoms with Crippen LogP contribution in [0.2, 0.25) is 0 Å². The summed E-state index contributed by atoms with van der Waals surface area (Å²) in [5.41, 5.74) is 4.20. The average Bonchev–Trinajstić information content (AvgIpc) is 2.30. The molecule has 0 heterocycles. The van der Waals surface area contributed by atoms with E-state index >= 15 is 0 Å². The predicted octanol–water partition coefficient (Wildman–Crippen LogP) is 2.73. The fourth-order valence-electron chi connectivity index (χ4n) is 1.98. The first-order chi connectivity index (χ1) is 8.13. The highest BCUT2D eigenvalue weighted by Gasteiger charge is 2.01. The third kappa shape index (κ3) is 5.33. The van der Waals surface area contributed by atoms with Crippen molar-refractivity contribution in [2.24, 2.45) is 0 Å². The van der Waals surface area contributed by atoms with Crippen LogP contribution in [0.15, 0.2) is 18.2 Å². The highest BCUT2D eigenvalue weighted by atomic mass is 15.1. The molecule has 1 rings (SSSR count). The molecule has 0 unspecified atom stereocenters. The van der Waals surface area contributed by atoms with Gasteiger partial charge in [0.15, 0.2) is 0 Å². The van der Waals surface area contributed by atoms with Crippen LogP contribution in [-0.4, -0.2) is 32.1 Å². The topological polar surface area (TPSA) is 15.3 Å². The molecule has 0 atom stereocenters. The minimum Gasteiger partial charge on any atom is -0.320 e. The smallest absolute Gasteiger partial charge is 0.0230 e. The molecule has 0 amide bonds. The van der Waals surface area contributed by atoms with Gasteiger partial charge in [0, 0.05) is 6.54 Å². The summed E-state index contributed by atoms with van der Waals surface area (Å²) in [5, 5.41) is 3.19. The Kier molecular flexibility index (Phi) is 6.23. The molecule has 1 aromatic rings. The van der Waals surface area contributed by atoms with Crippen LogP contribution in [0.5, 0.6) is 0 Å². The van der Waals surface area contributed by atoms with Gasteiger partial charge in [-0.05, 0) is 70.6 Å². The maximum Gasteiger partial charge on any atom is 0.0230 e. The lowest BCUT2D eigenvalue weighted by Crippen LogP contribution is -2.20. The van der Waals surface area contributed by atoms with Crippen molar-refractivity contribution in [2.75, 3.05) is 27.2 Å². The number of hydrogen-bond acceptors (Lipinski definition) is 2. The summed E-state index contributed by atoms with van der Waals surface area (Å²) in [6.45, 7) is 7.71. The fourth-order valence-corrected chi connectivity index (χ4v) is 1.98. The molecule has 96 valence electrons. The SMILES string of the molecule is CNCCCCN(C)Cc1ccc(C)c(C)c1. The molecule has 0 aliphatic rings. The van der Waals surface area contributed by atoms with Gasteiger partial charge in [0.2, 0.25) is 0 Å². The first-order valence-electron chi connectivity index (χ1n) is 6.52. The van der Waals surface area contributed by atoms with Crippen LogP contribution in [0.4, 0.5) is 0 Å². The van der Waals surface area contributed by atoms with E-state index in [2.05, 4.69) is 49.3 Å². The Hall–Kier alpha value is -0.860. The molecule has 0 spiro atoms. The van der Waals surface area contributed by atoms with E-state index in [1.54, 1.807) is 0 Å². The van der Waals surface area contributed by atoms with Gasteiger partial charge >= 0.3 is 0 Å². The second-order valence-electron chi connectivity index (χ2n) is 4.97. The molecule has 0 saturated carbocycles. The van der Waals surface area contributed by atoms with Crippen LogP contribution < -0.4 is 5.32 Å². The highest BCUT2D eigenvalue weighted by molar-refractivity contribution is 5.29. The monoisotopic (exact) mass is 234 g/mol. The third-order valence-electron chi connectivity index (χ3n) is 3.24. The largest absolute Gasteiger partial charge is 0.320 e. The number of benzene rings is 1. The van der Waals surface area contributed by atoms with Crippen molar-refractivity contribution in [3.05, 3.63) is 34.9 Å². The van der Waals surface area contributed by atoms with Crippen LogP contribution in [-0.2, 0) is 6.54 Å². The van der Waals surface area contributed by atoms with Crippen molar-refractivity contribution in [3.63, 3.8) is 0 Å². The van der Waals surface area contributed by atoms with Crippen molar-refractivity contribution < 1.29 is 0 Å². The minimum atomic E-state index is 1.06. The molecule has 0 bridgehead atoms. The summed E-state index contributed by atoms with van der Waals surface area (Å²) in [4.78, 5) is 2.40. The van der Waals surface area contributed by atoms with E-state index in [4.69, 9.17) is 0 Å². The van der Waals surface area contributed by atoms with E-state index < -0.39 is 0 Å². The molecule has 2 heteroatoms. The Morgan fingerprint density at radius 1 is 1.12 bits per heavy atom. The quantitative estimate of drug-likeness (QED) is 0.730. The number of unbranched alkanes of at least 4 members (excludes halogenated alkanes) is 1. The van der Waals surface area contributed by atoms with E-state index in [1.807, 2.05) is 7.05 Å². The van der Waals surface area contributed by atoms with Crippen molar-refractivity contribution >= 4 is 0 Å². The number of aryl methyl sites for hydroxylation is 2. The minimum absolute atomic E-state index is 1.06. The molecule has 2 nitrogen and oxygen atoms in total. The Bertz CT molecular complexity index is 334. The fraction of sp³-hybridized carbons (Fsp3) is 0.600. The predicted molar refractivity (Wildman–Crippen MR) is 75.4 cm³/mol. The Labute approximate surface area is 106 Å². The van der Waals surface area contributed by atoms with Gasteiger partial charge in [0.1, 0.15) is 0 Å². The van der Waals surface area contributed by atoms with Gasteiger partial charge in [-0.3, -0.25) is 0 Å². The first-order valence-corrected chi connectivity index (χ1v) is 6.52. The van der Waals surface area contributed by atoms with Crippen LogP contribution in [0.25, 0.3) is 0 Å². The zero-order valence-corrected chi connectivity index (χ0v) is 11.7. The number of nitrogens with zero attached hydrogens (tertiary/aromatic N) is 1. The van der Waals surface area contributed by atoms with Crippen molar-refractivity contribution in [1.29, 1.82) is 0 Å². The van der Waals surface area contributed by atoms with Crippen LogP contribution in [0, 0.1) is 13.8 Å². The lowest BCUT2D eigenvalue weighted by molar-refractivity contribution is 0.318. The van der Waals surface area contributed by atoms with Crippen molar-refractivity contribution in [1.82, 2.24) is 10.2 Å². The zero-order valence-electron chi connectivity index (χ0n) is 11.7. The summed E-state index contributed by atoms with van der Waals surface area (Å²) >= 11 is 0. The molecule has 0 aliphatic heterocycles. The average molecular weight is 234 g/mol. The second kappa shape index (κ2) is 7.46. The van der Waals surface area contributed by atoms with Gasteiger partial charge < -0.3 is 10.2 Å². The molecular formula is C15H26N2. The maximum atomic E-state index is 3.19. The molecule has 0 aromatic heterocycles. The van der Waals surface area contributed by atoms with E-state index in [-0.39, 0.29) is 0 Å². The first kappa shape index (κ1) is 14.2. The summed E-state index contributed by atoms with van der Waals surface area (Å²) in [6.07, 6.45) is 2.52. The molecule has 1 N–H and O–H groups in total. The van der Waals surface area contributed by atoms with Crippen LogP contribution in [0.3, 0.4) is 0 Å². The van der Waals surface area contributed by atoms with Gasteiger partial charge in [-0.25, -0.2) is 0 Å². The van der Waals surface area contributed by atoms with Crippen LogP contribution in [0.1, 0.15) is 29.5 Å². The number of nitrogens with one attached hydrogen (secondary N) is 1. The molecule has 0 fully saturated rings. The normalized spacial score (nSPS) is 11.1. The maximum absolute atomic E-state index is 3.19.